The van der Waals surface area contributed by atoms with Gasteiger partial charge in [-0.3, -0.25) is 0 Å². The first-order valence-electron chi connectivity index (χ1n) is 7.03. The molecule has 0 spiro atoms. The third kappa shape index (κ3) is 2.06. The highest BCUT2D eigenvalue weighted by Gasteiger charge is 2.42. The Labute approximate surface area is 107 Å². The lowest BCUT2D eigenvalue weighted by Crippen LogP contribution is -2.21. The summed E-state index contributed by atoms with van der Waals surface area (Å²) in [4.78, 5) is 4.56. The predicted octanol–water partition coefficient (Wildman–Crippen LogP) is 2.17. The van der Waals surface area contributed by atoms with Crippen LogP contribution in [-0.2, 0) is 4.74 Å². The van der Waals surface area contributed by atoms with Crippen molar-refractivity contribution in [2.45, 2.75) is 63.6 Å². The molecular formula is C13H21N3O2. The van der Waals surface area contributed by atoms with Gasteiger partial charge in [-0.05, 0) is 32.6 Å². The van der Waals surface area contributed by atoms with Gasteiger partial charge in [0.15, 0.2) is 0 Å². The Hall–Kier alpha value is -0.940. The number of nitrogens with one attached hydrogen (secondary N) is 1. The van der Waals surface area contributed by atoms with Crippen molar-refractivity contribution in [1.82, 2.24) is 15.5 Å². The van der Waals surface area contributed by atoms with Crippen molar-refractivity contribution < 1.29 is 9.26 Å². The van der Waals surface area contributed by atoms with Gasteiger partial charge in [0.05, 0.1) is 5.92 Å². The molecule has 100 valence electrons. The molecule has 0 aliphatic carbocycles. The van der Waals surface area contributed by atoms with Gasteiger partial charge in [0.25, 0.3) is 0 Å². The Morgan fingerprint density at radius 2 is 2.33 bits per heavy atom. The van der Waals surface area contributed by atoms with E-state index >= 15 is 0 Å². The molecule has 0 aromatic carbocycles. The highest BCUT2D eigenvalue weighted by molar-refractivity contribution is 5.10. The second-order valence-corrected chi connectivity index (χ2v) is 5.23. The molecule has 3 rings (SSSR count). The van der Waals surface area contributed by atoms with Crippen molar-refractivity contribution in [2.75, 3.05) is 6.61 Å². The number of fused-ring (bicyclic) bond motifs is 2. The van der Waals surface area contributed by atoms with Gasteiger partial charge in [-0.1, -0.05) is 12.1 Å². The zero-order valence-electron chi connectivity index (χ0n) is 11.1. The van der Waals surface area contributed by atoms with Gasteiger partial charge in [-0.2, -0.15) is 4.98 Å². The monoisotopic (exact) mass is 251 g/mol. The van der Waals surface area contributed by atoms with E-state index in [9.17, 15) is 0 Å². The normalized spacial score (nSPS) is 32.0. The molecule has 5 nitrogen and oxygen atoms in total. The average molecular weight is 251 g/mol. The van der Waals surface area contributed by atoms with Gasteiger partial charge in [0, 0.05) is 18.7 Å². The molecule has 0 saturated carbocycles. The van der Waals surface area contributed by atoms with E-state index in [2.05, 4.69) is 22.4 Å². The maximum atomic E-state index is 5.61. The highest BCUT2D eigenvalue weighted by Crippen LogP contribution is 2.39. The van der Waals surface area contributed by atoms with Crippen molar-refractivity contribution in [3.8, 4) is 0 Å². The topological polar surface area (TPSA) is 60.2 Å². The highest BCUT2D eigenvalue weighted by atomic mass is 16.5. The summed E-state index contributed by atoms with van der Waals surface area (Å²) < 4.78 is 11.1. The van der Waals surface area contributed by atoms with Crippen LogP contribution in [0.5, 0.6) is 0 Å². The van der Waals surface area contributed by atoms with E-state index in [0.29, 0.717) is 30.4 Å². The Kier molecular flexibility index (Phi) is 3.35. The van der Waals surface area contributed by atoms with E-state index in [1.165, 1.54) is 12.8 Å². The van der Waals surface area contributed by atoms with E-state index in [0.717, 1.165) is 18.7 Å². The first-order chi connectivity index (χ1) is 8.81. The molecule has 2 aliphatic heterocycles. The molecule has 0 radical (unpaired) electrons. The lowest BCUT2D eigenvalue weighted by molar-refractivity contribution is 0.0518. The standard InChI is InChI=1S/C13H21N3O2/c1-3-11(17-4-2)12-15-13(18-16-12)9-7-8-5-6-10(9)14-8/h8-11,14H,3-7H2,1-2H3. The van der Waals surface area contributed by atoms with Gasteiger partial charge in [-0.25, -0.2) is 0 Å². The van der Waals surface area contributed by atoms with Gasteiger partial charge in [-0.15, -0.1) is 0 Å². The van der Waals surface area contributed by atoms with E-state index in [1.807, 2.05) is 6.92 Å². The average Bonchev–Trinajstić information content (AvgIpc) is 3.10. The number of hydrogen-bond acceptors (Lipinski definition) is 5. The summed E-state index contributed by atoms with van der Waals surface area (Å²) in [5.74, 6) is 1.91. The number of nitrogens with zero attached hydrogens (tertiary/aromatic N) is 2. The molecule has 4 atom stereocenters. The molecule has 1 aromatic rings. The van der Waals surface area contributed by atoms with Crippen molar-refractivity contribution in [2.24, 2.45) is 0 Å². The van der Waals surface area contributed by atoms with Crippen LogP contribution in [0.2, 0.25) is 0 Å². The van der Waals surface area contributed by atoms with Crippen LogP contribution < -0.4 is 5.32 Å². The summed E-state index contributed by atoms with van der Waals surface area (Å²) in [6.45, 7) is 4.75. The fraction of sp³-hybridized carbons (Fsp3) is 0.846. The Morgan fingerprint density at radius 3 is 2.94 bits per heavy atom. The van der Waals surface area contributed by atoms with Gasteiger partial charge >= 0.3 is 0 Å². The number of ether oxygens (including phenoxy) is 1. The molecule has 3 heterocycles. The summed E-state index contributed by atoms with van der Waals surface area (Å²) in [6, 6.07) is 1.19. The third-order valence-electron chi connectivity index (χ3n) is 4.10. The third-order valence-corrected chi connectivity index (χ3v) is 4.10. The SMILES string of the molecule is CCOC(CC)c1noc(C2CC3CCC2N3)n1. The van der Waals surface area contributed by atoms with E-state index in [4.69, 9.17) is 9.26 Å². The molecule has 18 heavy (non-hydrogen) atoms. The van der Waals surface area contributed by atoms with Crippen molar-refractivity contribution in [1.29, 1.82) is 0 Å². The van der Waals surface area contributed by atoms with Crippen molar-refractivity contribution in [3.05, 3.63) is 11.7 Å². The van der Waals surface area contributed by atoms with Crippen LogP contribution in [0.1, 0.15) is 63.3 Å². The molecule has 1 aromatic heterocycles. The van der Waals surface area contributed by atoms with Crippen molar-refractivity contribution >= 4 is 0 Å². The fourth-order valence-corrected chi connectivity index (χ4v) is 3.20. The fourth-order valence-electron chi connectivity index (χ4n) is 3.20. The largest absolute Gasteiger partial charge is 0.370 e. The van der Waals surface area contributed by atoms with Gasteiger partial charge in [0.1, 0.15) is 6.10 Å². The van der Waals surface area contributed by atoms with E-state index in [-0.39, 0.29) is 6.10 Å². The van der Waals surface area contributed by atoms with Gasteiger partial charge < -0.3 is 14.6 Å². The summed E-state index contributed by atoms with van der Waals surface area (Å²) in [5.41, 5.74) is 0. The Bertz CT molecular complexity index is 407. The predicted molar refractivity (Wildman–Crippen MR) is 66.3 cm³/mol. The first-order valence-corrected chi connectivity index (χ1v) is 7.03. The zero-order valence-corrected chi connectivity index (χ0v) is 11.1. The van der Waals surface area contributed by atoms with Crippen LogP contribution in [0.4, 0.5) is 0 Å². The minimum absolute atomic E-state index is 0.0287. The second kappa shape index (κ2) is 4.97. The first kappa shape index (κ1) is 12.1. The number of hydrogen-bond donors (Lipinski definition) is 1. The van der Waals surface area contributed by atoms with Crippen LogP contribution >= 0.6 is 0 Å². The molecule has 2 bridgehead atoms. The minimum Gasteiger partial charge on any atom is -0.370 e. The van der Waals surface area contributed by atoms with E-state index in [1.54, 1.807) is 0 Å². The van der Waals surface area contributed by atoms with Crippen LogP contribution in [0, 0.1) is 0 Å². The molecule has 0 amide bonds. The molecule has 4 unspecified atom stereocenters. The number of rotatable bonds is 5. The molecular weight excluding hydrogens is 230 g/mol. The van der Waals surface area contributed by atoms with Crippen LogP contribution in [0.15, 0.2) is 4.52 Å². The lowest BCUT2D eigenvalue weighted by Gasteiger charge is -2.15. The smallest absolute Gasteiger partial charge is 0.231 e. The summed E-state index contributed by atoms with van der Waals surface area (Å²) in [7, 11) is 0. The van der Waals surface area contributed by atoms with Crippen molar-refractivity contribution in [3.63, 3.8) is 0 Å². The summed E-state index contributed by atoms with van der Waals surface area (Å²) in [6.07, 6.45) is 4.51. The summed E-state index contributed by atoms with van der Waals surface area (Å²) >= 11 is 0. The van der Waals surface area contributed by atoms with E-state index < -0.39 is 0 Å². The number of aromatic nitrogens is 2. The maximum absolute atomic E-state index is 5.61. The second-order valence-electron chi connectivity index (χ2n) is 5.23. The maximum Gasteiger partial charge on any atom is 0.231 e. The van der Waals surface area contributed by atoms with Crippen LogP contribution in [0.25, 0.3) is 0 Å². The van der Waals surface area contributed by atoms with Gasteiger partial charge in [0.2, 0.25) is 11.7 Å². The Balaban J connectivity index is 1.73. The molecule has 2 saturated heterocycles. The molecule has 1 N–H and O–H groups in total. The Morgan fingerprint density at radius 1 is 1.44 bits per heavy atom. The molecule has 2 aliphatic rings. The summed E-state index contributed by atoms with van der Waals surface area (Å²) in [5, 5.41) is 7.69. The minimum atomic E-state index is -0.0287. The molecule has 5 heteroatoms. The molecule has 2 fully saturated rings. The quantitative estimate of drug-likeness (QED) is 0.869. The zero-order chi connectivity index (χ0) is 12.5. The lowest BCUT2D eigenvalue weighted by atomic mass is 9.89. The van der Waals surface area contributed by atoms with Crippen LogP contribution in [0.3, 0.4) is 0 Å². The van der Waals surface area contributed by atoms with Crippen LogP contribution in [-0.4, -0.2) is 28.8 Å².